The summed E-state index contributed by atoms with van der Waals surface area (Å²) in [7, 11) is 0. The smallest absolute Gasteiger partial charge is 0.273 e. The molecule has 1 aliphatic carbocycles. The Morgan fingerprint density at radius 3 is 2.75 bits per heavy atom. The maximum absolute atomic E-state index is 12.4. The van der Waals surface area contributed by atoms with Gasteiger partial charge >= 0.3 is 0 Å². The Morgan fingerprint density at radius 2 is 2.04 bits per heavy atom. The van der Waals surface area contributed by atoms with Crippen molar-refractivity contribution in [2.45, 2.75) is 31.7 Å². The molecule has 1 aromatic heterocycles. The van der Waals surface area contributed by atoms with Crippen LogP contribution in [-0.4, -0.2) is 30.2 Å². The molecule has 2 aromatic rings. The number of hydrogen-bond acceptors (Lipinski definition) is 4. The fraction of sp³-hybridized carbons (Fsp3) is 0.444. The number of aromatic nitrogens is 1. The maximum atomic E-state index is 12.4. The summed E-state index contributed by atoms with van der Waals surface area (Å²) in [5, 5.41) is 7.75. The van der Waals surface area contributed by atoms with E-state index in [1.807, 2.05) is 24.3 Å². The van der Waals surface area contributed by atoms with Gasteiger partial charge in [0.1, 0.15) is 5.76 Å². The van der Waals surface area contributed by atoms with E-state index in [0.29, 0.717) is 17.5 Å². The van der Waals surface area contributed by atoms with Crippen molar-refractivity contribution >= 4 is 23.2 Å². The molecule has 6 heteroatoms. The average Bonchev–Trinajstić information content (AvgIpc) is 3.19. The van der Waals surface area contributed by atoms with E-state index in [2.05, 4.69) is 22.3 Å². The molecule has 1 saturated carbocycles. The van der Waals surface area contributed by atoms with Gasteiger partial charge in [-0.05, 0) is 43.0 Å². The van der Waals surface area contributed by atoms with Gasteiger partial charge < -0.3 is 14.7 Å². The zero-order chi connectivity index (χ0) is 16.7. The van der Waals surface area contributed by atoms with Crippen molar-refractivity contribution < 1.29 is 9.32 Å². The Balaban J connectivity index is 1.40. The first-order chi connectivity index (χ1) is 11.6. The molecule has 0 spiro atoms. The van der Waals surface area contributed by atoms with Crippen molar-refractivity contribution in [3.63, 3.8) is 0 Å². The number of halogens is 1. The lowest BCUT2D eigenvalue weighted by Crippen LogP contribution is -2.40. The Morgan fingerprint density at radius 1 is 1.29 bits per heavy atom. The summed E-state index contributed by atoms with van der Waals surface area (Å²) >= 11 is 5.95. The molecule has 1 saturated heterocycles. The van der Waals surface area contributed by atoms with E-state index >= 15 is 0 Å². The van der Waals surface area contributed by atoms with E-state index in [1.54, 1.807) is 6.07 Å². The standard InChI is InChI=1S/C18H20ClN3O2/c1-11-9-22(14-6-4-13(19)5-7-14)10-16(11)20-18(23)15-8-17(24-21-15)12-2-3-12/h4-8,11-12,16H,2-3,9-10H2,1H3,(H,20,23)/t11-,16+/m0/s1. The highest BCUT2D eigenvalue weighted by Crippen LogP contribution is 2.40. The van der Waals surface area contributed by atoms with Gasteiger partial charge in [-0.25, -0.2) is 0 Å². The maximum Gasteiger partial charge on any atom is 0.273 e. The highest BCUT2D eigenvalue weighted by Gasteiger charge is 2.33. The van der Waals surface area contributed by atoms with E-state index in [1.165, 1.54) is 0 Å². The van der Waals surface area contributed by atoms with Crippen LogP contribution in [0, 0.1) is 5.92 Å². The van der Waals surface area contributed by atoms with Gasteiger partial charge in [0.05, 0.1) is 6.04 Å². The summed E-state index contributed by atoms with van der Waals surface area (Å²) < 4.78 is 5.27. The Bertz CT molecular complexity index is 739. The molecule has 1 N–H and O–H groups in total. The first-order valence-corrected chi connectivity index (χ1v) is 8.76. The number of hydrogen-bond donors (Lipinski definition) is 1. The van der Waals surface area contributed by atoms with Crippen LogP contribution in [0.2, 0.25) is 5.02 Å². The van der Waals surface area contributed by atoms with Crippen molar-refractivity contribution in [1.82, 2.24) is 10.5 Å². The first-order valence-electron chi connectivity index (χ1n) is 8.38. The molecular formula is C18H20ClN3O2. The molecule has 126 valence electrons. The second kappa shape index (κ2) is 6.13. The molecule has 1 amide bonds. The Hall–Kier alpha value is -2.01. The first kappa shape index (κ1) is 15.5. The highest BCUT2D eigenvalue weighted by molar-refractivity contribution is 6.30. The predicted octanol–water partition coefficient (Wildman–Crippen LogP) is 3.46. The minimum atomic E-state index is -0.152. The molecule has 1 aromatic carbocycles. The summed E-state index contributed by atoms with van der Waals surface area (Å²) in [4.78, 5) is 14.7. The molecule has 5 nitrogen and oxygen atoms in total. The monoisotopic (exact) mass is 345 g/mol. The topological polar surface area (TPSA) is 58.4 Å². The SMILES string of the molecule is C[C@H]1CN(c2ccc(Cl)cc2)C[C@H]1NC(=O)c1cc(C2CC2)on1. The van der Waals surface area contributed by atoms with Crippen molar-refractivity contribution in [3.05, 3.63) is 46.8 Å². The van der Waals surface area contributed by atoms with E-state index in [9.17, 15) is 4.79 Å². The van der Waals surface area contributed by atoms with Crippen molar-refractivity contribution in [2.24, 2.45) is 5.92 Å². The van der Waals surface area contributed by atoms with Crippen LogP contribution in [-0.2, 0) is 0 Å². The molecule has 0 unspecified atom stereocenters. The van der Waals surface area contributed by atoms with Crippen LogP contribution in [0.15, 0.2) is 34.9 Å². The summed E-state index contributed by atoms with van der Waals surface area (Å²) in [6.45, 7) is 3.83. The van der Waals surface area contributed by atoms with Crippen molar-refractivity contribution in [3.8, 4) is 0 Å². The number of rotatable bonds is 4. The third kappa shape index (κ3) is 3.13. The van der Waals surface area contributed by atoms with Crippen LogP contribution in [0.3, 0.4) is 0 Å². The normalized spacial score (nSPS) is 23.5. The van der Waals surface area contributed by atoms with Crippen LogP contribution < -0.4 is 10.2 Å². The van der Waals surface area contributed by atoms with Gasteiger partial charge in [-0.2, -0.15) is 0 Å². The van der Waals surface area contributed by atoms with Gasteiger partial charge in [0.2, 0.25) is 0 Å². The van der Waals surface area contributed by atoms with Gasteiger partial charge in [0, 0.05) is 35.8 Å². The molecule has 0 radical (unpaired) electrons. The lowest BCUT2D eigenvalue weighted by Gasteiger charge is -2.18. The number of carbonyl (C=O) groups excluding carboxylic acids is 1. The molecule has 2 atom stereocenters. The number of amides is 1. The molecule has 2 aliphatic rings. The van der Waals surface area contributed by atoms with E-state index in [4.69, 9.17) is 16.1 Å². The molecule has 2 heterocycles. The van der Waals surface area contributed by atoms with Crippen LogP contribution in [0.25, 0.3) is 0 Å². The number of nitrogens with one attached hydrogen (secondary N) is 1. The number of benzene rings is 1. The quantitative estimate of drug-likeness (QED) is 0.922. The molecule has 24 heavy (non-hydrogen) atoms. The summed E-state index contributed by atoms with van der Waals surface area (Å²) in [6.07, 6.45) is 2.26. The second-order valence-electron chi connectivity index (χ2n) is 6.83. The summed E-state index contributed by atoms with van der Waals surface area (Å²) in [6, 6.07) is 9.68. The third-order valence-electron chi connectivity index (χ3n) is 4.86. The minimum Gasteiger partial charge on any atom is -0.369 e. The summed E-state index contributed by atoms with van der Waals surface area (Å²) in [5.41, 5.74) is 1.51. The molecular weight excluding hydrogens is 326 g/mol. The zero-order valence-corrected chi connectivity index (χ0v) is 14.3. The van der Waals surface area contributed by atoms with Gasteiger partial charge in [0.25, 0.3) is 5.91 Å². The molecule has 2 fully saturated rings. The number of anilines is 1. The second-order valence-corrected chi connectivity index (χ2v) is 7.26. The van der Waals surface area contributed by atoms with Crippen LogP contribution >= 0.6 is 11.6 Å². The van der Waals surface area contributed by atoms with Crippen LogP contribution in [0.4, 0.5) is 5.69 Å². The van der Waals surface area contributed by atoms with Gasteiger partial charge in [-0.1, -0.05) is 23.7 Å². The minimum absolute atomic E-state index is 0.0919. The van der Waals surface area contributed by atoms with E-state index in [-0.39, 0.29) is 11.9 Å². The molecule has 0 bridgehead atoms. The third-order valence-corrected chi connectivity index (χ3v) is 5.11. The fourth-order valence-electron chi connectivity index (χ4n) is 3.22. The van der Waals surface area contributed by atoms with Gasteiger partial charge in [-0.3, -0.25) is 4.79 Å². The number of carbonyl (C=O) groups is 1. The van der Waals surface area contributed by atoms with E-state index in [0.717, 1.165) is 42.4 Å². The fourth-order valence-corrected chi connectivity index (χ4v) is 3.34. The molecule has 4 rings (SSSR count). The molecule has 1 aliphatic heterocycles. The van der Waals surface area contributed by atoms with Crippen LogP contribution in [0.5, 0.6) is 0 Å². The Labute approximate surface area is 146 Å². The lowest BCUT2D eigenvalue weighted by atomic mass is 10.1. The number of nitrogens with zero attached hydrogens (tertiary/aromatic N) is 2. The van der Waals surface area contributed by atoms with Crippen molar-refractivity contribution in [2.75, 3.05) is 18.0 Å². The zero-order valence-electron chi connectivity index (χ0n) is 13.5. The van der Waals surface area contributed by atoms with Crippen LogP contribution in [0.1, 0.15) is 41.9 Å². The van der Waals surface area contributed by atoms with Crippen molar-refractivity contribution in [1.29, 1.82) is 0 Å². The average molecular weight is 346 g/mol. The predicted molar refractivity (Wildman–Crippen MR) is 92.6 cm³/mol. The summed E-state index contributed by atoms with van der Waals surface area (Å²) in [5.74, 6) is 1.51. The largest absolute Gasteiger partial charge is 0.369 e. The highest BCUT2D eigenvalue weighted by atomic mass is 35.5. The van der Waals surface area contributed by atoms with E-state index < -0.39 is 0 Å². The van der Waals surface area contributed by atoms with Gasteiger partial charge in [0.15, 0.2) is 5.69 Å². The van der Waals surface area contributed by atoms with Gasteiger partial charge in [-0.15, -0.1) is 0 Å². The lowest BCUT2D eigenvalue weighted by molar-refractivity contribution is 0.0924. The Kier molecular flexibility index (Phi) is 3.96.